The summed E-state index contributed by atoms with van der Waals surface area (Å²) in [6.45, 7) is 6.94. The molecule has 200 valence electrons. The normalized spacial score (nSPS) is 14.7. The minimum absolute atomic E-state index is 0.162. The van der Waals surface area contributed by atoms with Gasteiger partial charge in [-0.15, -0.1) is 0 Å². The van der Waals surface area contributed by atoms with Gasteiger partial charge in [0.15, 0.2) is 0 Å². The second kappa shape index (κ2) is 11.6. The van der Waals surface area contributed by atoms with Gasteiger partial charge in [-0.3, -0.25) is 4.79 Å². The maximum Gasteiger partial charge on any atom is 0.326 e. The van der Waals surface area contributed by atoms with Crippen LogP contribution < -0.4 is 4.90 Å². The first-order valence-corrected chi connectivity index (χ1v) is 13.5. The molecule has 0 bridgehead atoms. The molecule has 0 spiro atoms. The van der Waals surface area contributed by atoms with E-state index in [9.17, 15) is 14.7 Å². The van der Waals surface area contributed by atoms with E-state index >= 15 is 0 Å². The van der Waals surface area contributed by atoms with Crippen LogP contribution in [0.3, 0.4) is 0 Å². The lowest BCUT2D eigenvalue weighted by Gasteiger charge is -2.35. The Morgan fingerprint density at radius 3 is 2.05 bits per heavy atom. The van der Waals surface area contributed by atoms with Gasteiger partial charge >= 0.3 is 5.97 Å². The summed E-state index contributed by atoms with van der Waals surface area (Å²) in [6.07, 6.45) is 1.98. The number of hydrogen-bond acceptors (Lipinski definition) is 4. The van der Waals surface area contributed by atoms with Crippen molar-refractivity contribution in [1.29, 1.82) is 0 Å². The molecule has 3 aromatic carbocycles. The van der Waals surface area contributed by atoms with Crippen molar-refractivity contribution < 1.29 is 14.7 Å². The molecule has 4 aromatic rings. The van der Waals surface area contributed by atoms with Crippen molar-refractivity contribution in [2.75, 3.05) is 18.0 Å². The highest BCUT2D eigenvalue weighted by molar-refractivity contribution is 5.91. The minimum atomic E-state index is -1.01. The van der Waals surface area contributed by atoms with Crippen LogP contribution in [0.5, 0.6) is 0 Å². The van der Waals surface area contributed by atoms with E-state index < -0.39 is 17.9 Å². The molecule has 1 amide bonds. The summed E-state index contributed by atoms with van der Waals surface area (Å²) in [4.78, 5) is 35.0. The Bertz CT molecular complexity index is 1370. The molecule has 1 aliphatic heterocycles. The molecule has 1 aliphatic rings. The van der Waals surface area contributed by atoms with E-state index in [1.165, 1.54) is 10.6 Å². The molecule has 0 saturated carbocycles. The molecule has 0 fully saturated rings. The van der Waals surface area contributed by atoms with Crippen LogP contribution in [0.4, 0.5) is 5.69 Å². The average Bonchev–Trinajstić information content (AvgIpc) is 3.36. The fourth-order valence-corrected chi connectivity index (χ4v) is 5.50. The van der Waals surface area contributed by atoms with E-state index in [0.29, 0.717) is 6.54 Å². The summed E-state index contributed by atoms with van der Waals surface area (Å²) in [7, 11) is 0. The molecule has 0 unspecified atom stereocenters. The highest BCUT2D eigenvalue weighted by atomic mass is 16.4. The molecule has 1 N–H and O–H groups in total. The van der Waals surface area contributed by atoms with E-state index in [2.05, 4.69) is 48.0 Å². The molecule has 7 nitrogen and oxygen atoms in total. The Balaban J connectivity index is 1.42. The molecule has 2 heterocycles. The van der Waals surface area contributed by atoms with Gasteiger partial charge < -0.3 is 19.5 Å². The van der Waals surface area contributed by atoms with E-state index in [4.69, 9.17) is 0 Å². The number of fused-ring (bicyclic) bond motifs is 1. The Kier molecular flexibility index (Phi) is 7.77. The van der Waals surface area contributed by atoms with Crippen LogP contribution >= 0.6 is 0 Å². The number of hydrogen-bond donors (Lipinski definition) is 1. The van der Waals surface area contributed by atoms with Crippen molar-refractivity contribution in [3.8, 4) is 0 Å². The van der Waals surface area contributed by atoms with Crippen molar-refractivity contribution >= 4 is 17.6 Å². The van der Waals surface area contributed by atoms with Gasteiger partial charge in [0.1, 0.15) is 6.04 Å². The highest BCUT2D eigenvalue weighted by Gasteiger charge is 2.40. The number of benzene rings is 3. The number of amides is 1. The number of anilines is 1. The lowest BCUT2D eigenvalue weighted by atomic mass is 9.88. The number of aliphatic carboxylic acids is 1. The number of rotatable bonds is 9. The summed E-state index contributed by atoms with van der Waals surface area (Å²) < 4.78 is 2.02. The summed E-state index contributed by atoms with van der Waals surface area (Å²) in [5, 5.41) is 10.2. The Morgan fingerprint density at radius 1 is 0.923 bits per heavy atom. The number of carboxylic acids is 1. The van der Waals surface area contributed by atoms with Crippen molar-refractivity contribution in [2.24, 2.45) is 0 Å². The average molecular weight is 523 g/mol. The molecule has 0 aliphatic carbocycles. The SMILES string of the molecule is CCN(CC)c1ccc(Cn2cnc3c2C[C@@H](C(=O)O)N(C(=O)C(c2ccccc2)c2ccccc2)C3)cc1. The molecular formula is C32H34N4O3. The predicted octanol–water partition coefficient (Wildman–Crippen LogP) is 4.95. The van der Waals surface area contributed by atoms with Crippen LogP contribution in [0.25, 0.3) is 0 Å². The first-order chi connectivity index (χ1) is 19.0. The van der Waals surface area contributed by atoms with E-state index in [1.807, 2.05) is 65.2 Å². The molecule has 7 heteroatoms. The van der Waals surface area contributed by atoms with E-state index in [-0.39, 0.29) is 18.9 Å². The van der Waals surface area contributed by atoms with Gasteiger partial charge in [-0.05, 0) is 42.7 Å². The van der Waals surface area contributed by atoms with Gasteiger partial charge in [0.25, 0.3) is 0 Å². The first kappa shape index (κ1) is 26.2. The van der Waals surface area contributed by atoms with Gasteiger partial charge in [0.05, 0.1) is 24.5 Å². The van der Waals surface area contributed by atoms with Gasteiger partial charge in [-0.1, -0.05) is 72.8 Å². The Labute approximate surface area is 229 Å². The van der Waals surface area contributed by atoms with Crippen molar-refractivity contribution in [3.05, 3.63) is 119 Å². The number of carboxylic acid groups (broad SMARTS) is 1. The third-order valence-electron chi connectivity index (χ3n) is 7.61. The highest BCUT2D eigenvalue weighted by Crippen LogP contribution is 2.32. The van der Waals surface area contributed by atoms with Crippen LogP contribution in [0.2, 0.25) is 0 Å². The predicted molar refractivity (Wildman–Crippen MR) is 152 cm³/mol. The largest absolute Gasteiger partial charge is 0.480 e. The standard InChI is InChI=1S/C32H34N4O3/c1-3-34(4-2)26-17-15-23(16-18-26)20-35-22-33-27-21-36(29(32(38)39)19-28(27)35)31(37)30(24-11-7-5-8-12-24)25-13-9-6-10-14-25/h5-18,22,29-30H,3-4,19-21H2,1-2H3,(H,38,39)/t29-/m0/s1. The molecule has 1 aromatic heterocycles. The molecule has 5 rings (SSSR count). The fraction of sp³-hybridized carbons (Fsp3) is 0.281. The van der Waals surface area contributed by atoms with Crippen LogP contribution in [-0.2, 0) is 29.1 Å². The summed E-state index contributed by atoms with van der Waals surface area (Å²) in [6, 6.07) is 26.6. The molecule has 0 radical (unpaired) electrons. The van der Waals surface area contributed by atoms with Crippen LogP contribution in [0, 0.1) is 0 Å². The van der Waals surface area contributed by atoms with Gasteiger partial charge in [-0.25, -0.2) is 9.78 Å². The molecule has 39 heavy (non-hydrogen) atoms. The lowest BCUT2D eigenvalue weighted by molar-refractivity contribution is -0.151. The second-order valence-corrected chi connectivity index (χ2v) is 9.88. The first-order valence-electron chi connectivity index (χ1n) is 13.5. The number of aromatic nitrogens is 2. The monoisotopic (exact) mass is 522 g/mol. The van der Waals surface area contributed by atoms with Crippen LogP contribution in [-0.4, -0.2) is 50.6 Å². The molecular weight excluding hydrogens is 488 g/mol. The minimum Gasteiger partial charge on any atom is -0.480 e. The number of imidazole rings is 1. The van der Waals surface area contributed by atoms with Gasteiger partial charge in [-0.2, -0.15) is 0 Å². The van der Waals surface area contributed by atoms with Crippen LogP contribution in [0.15, 0.2) is 91.3 Å². The summed E-state index contributed by atoms with van der Waals surface area (Å²) in [5.74, 6) is -1.83. The topological polar surface area (TPSA) is 78.7 Å². The summed E-state index contributed by atoms with van der Waals surface area (Å²) >= 11 is 0. The molecule has 1 atom stereocenters. The maximum absolute atomic E-state index is 14.1. The zero-order valence-electron chi connectivity index (χ0n) is 22.4. The zero-order chi connectivity index (χ0) is 27.4. The van der Waals surface area contributed by atoms with Crippen molar-refractivity contribution in [1.82, 2.24) is 14.5 Å². The van der Waals surface area contributed by atoms with Crippen molar-refractivity contribution in [2.45, 2.75) is 45.3 Å². The Hall–Kier alpha value is -4.39. The van der Waals surface area contributed by atoms with Crippen LogP contribution in [0.1, 0.15) is 47.8 Å². The summed E-state index contributed by atoms with van der Waals surface area (Å²) in [5.41, 5.74) is 5.59. The maximum atomic E-state index is 14.1. The molecule has 0 saturated heterocycles. The van der Waals surface area contributed by atoms with Crippen molar-refractivity contribution in [3.63, 3.8) is 0 Å². The lowest BCUT2D eigenvalue weighted by Crippen LogP contribution is -2.50. The quantitative estimate of drug-likeness (QED) is 0.337. The van der Waals surface area contributed by atoms with E-state index in [1.54, 1.807) is 6.33 Å². The number of carbonyl (C=O) groups is 2. The fourth-order valence-electron chi connectivity index (χ4n) is 5.50. The second-order valence-electron chi connectivity index (χ2n) is 9.88. The third kappa shape index (κ3) is 5.43. The number of carbonyl (C=O) groups excluding carboxylic acids is 1. The smallest absolute Gasteiger partial charge is 0.326 e. The van der Waals surface area contributed by atoms with Gasteiger partial charge in [0, 0.05) is 37.4 Å². The van der Waals surface area contributed by atoms with Gasteiger partial charge in [0.2, 0.25) is 5.91 Å². The number of nitrogens with zero attached hydrogens (tertiary/aromatic N) is 4. The Morgan fingerprint density at radius 2 is 1.51 bits per heavy atom. The van der Waals surface area contributed by atoms with E-state index in [0.717, 1.165) is 41.2 Å². The zero-order valence-corrected chi connectivity index (χ0v) is 22.4. The third-order valence-corrected chi connectivity index (χ3v) is 7.61.